The average Bonchev–Trinajstić information content (AvgIpc) is 3.08. The number of carbonyl (C=O) groups is 2. The lowest BCUT2D eigenvalue weighted by Gasteiger charge is -2.04. The van der Waals surface area contributed by atoms with Crippen LogP contribution in [0.2, 0.25) is 0 Å². The maximum absolute atomic E-state index is 11.8. The van der Waals surface area contributed by atoms with Crippen LogP contribution in [0.3, 0.4) is 0 Å². The smallest absolute Gasteiger partial charge is 0.259 e. The van der Waals surface area contributed by atoms with E-state index in [-0.39, 0.29) is 19.2 Å². The van der Waals surface area contributed by atoms with E-state index in [1.807, 2.05) is 6.07 Å². The third-order valence-corrected chi connectivity index (χ3v) is 3.24. The second-order valence-electron chi connectivity index (χ2n) is 4.95. The van der Waals surface area contributed by atoms with E-state index >= 15 is 0 Å². The number of nitrogens with zero attached hydrogens (tertiary/aromatic N) is 1. The predicted octanol–water partition coefficient (Wildman–Crippen LogP) is 1.30. The molecule has 1 aliphatic rings. The van der Waals surface area contributed by atoms with Crippen LogP contribution in [-0.2, 0) is 4.79 Å². The lowest BCUT2D eigenvalue weighted by Crippen LogP contribution is -2.34. The summed E-state index contributed by atoms with van der Waals surface area (Å²) in [6.07, 6.45) is 1.48. The molecule has 0 fully saturated rings. The van der Waals surface area contributed by atoms with Crippen LogP contribution < -0.4 is 20.2 Å². The molecule has 7 nitrogen and oxygen atoms in total. The average molecular weight is 325 g/mol. The minimum Gasteiger partial charge on any atom is -0.454 e. The summed E-state index contributed by atoms with van der Waals surface area (Å²) in [5.74, 6) is 0.585. The van der Waals surface area contributed by atoms with Gasteiger partial charge in [0.05, 0.1) is 12.8 Å². The van der Waals surface area contributed by atoms with Gasteiger partial charge < -0.3 is 14.8 Å². The molecule has 1 aliphatic heterocycles. The highest BCUT2D eigenvalue weighted by Gasteiger charge is 2.12. The fourth-order valence-electron chi connectivity index (χ4n) is 2.06. The van der Waals surface area contributed by atoms with E-state index in [4.69, 9.17) is 9.47 Å². The van der Waals surface area contributed by atoms with Crippen molar-refractivity contribution < 1.29 is 19.1 Å². The summed E-state index contributed by atoms with van der Waals surface area (Å²) in [4.78, 5) is 23.5. The van der Waals surface area contributed by atoms with Gasteiger partial charge in [-0.3, -0.25) is 9.59 Å². The molecule has 2 amide bonds. The lowest BCUT2D eigenvalue weighted by molar-refractivity contribution is -0.120. The van der Waals surface area contributed by atoms with Crippen molar-refractivity contribution >= 4 is 18.0 Å². The van der Waals surface area contributed by atoms with Crippen molar-refractivity contribution in [3.05, 3.63) is 59.7 Å². The Morgan fingerprint density at radius 3 is 2.71 bits per heavy atom. The molecule has 2 aromatic rings. The molecular weight excluding hydrogens is 310 g/mol. The number of fused-ring (bicyclic) bond motifs is 1. The second kappa shape index (κ2) is 7.28. The molecule has 7 heteroatoms. The van der Waals surface area contributed by atoms with Gasteiger partial charge in [-0.25, -0.2) is 5.43 Å². The number of ether oxygens (including phenoxy) is 2. The van der Waals surface area contributed by atoms with E-state index < -0.39 is 5.91 Å². The van der Waals surface area contributed by atoms with Crippen molar-refractivity contribution in [2.24, 2.45) is 5.10 Å². The maximum atomic E-state index is 11.8. The summed E-state index contributed by atoms with van der Waals surface area (Å²) in [6.45, 7) is 0.0417. The van der Waals surface area contributed by atoms with Crippen molar-refractivity contribution in [1.29, 1.82) is 0 Å². The summed E-state index contributed by atoms with van der Waals surface area (Å²) in [5, 5.41) is 6.37. The Balaban J connectivity index is 1.46. The zero-order valence-corrected chi connectivity index (χ0v) is 12.7. The second-order valence-corrected chi connectivity index (χ2v) is 4.95. The van der Waals surface area contributed by atoms with E-state index in [0.717, 1.165) is 5.56 Å². The van der Waals surface area contributed by atoms with Gasteiger partial charge in [0, 0.05) is 5.56 Å². The van der Waals surface area contributed by atoms with Crippen LogP contribution in [0.4, 0.5) is 0 Å². The third-order valence-electron chi connectivity index (χ3n) is 3.24. The summed E-state index contributed by atoms with van der Waals surface area (Å²) >= 11 is 0. The number of hydrogen-bond donors (Lipinski definition) is 2. The van der Waals surface area contributed by atoms with Gasteiger partial charge in [0.2, 0.25) is 6.79 Å². The van der Waals surface area contributed by atoms with E-state index in [9.17, 15) is 9.59 Å². The fourth-order valence-corrected chi connectivity index (χ4v) is 2.06. The lowest BCUT2D eigenvalue weighted by atomic mass is 10.2. The van der Waals surface area contributed by atoms with Crippen molar-refractivity contribution in [1.82, 2.24) is 10.7 Å². The topological polar surface area (TPSA) is 89.0 Å². The first-order chi connectivity index (χ1) is 11.7. The number of amides is 2. The van der Waals surface area contributed by atoms with Gasteiger partial charge in [0.1, 0.15) is 0 Å². The predicted molar refractivity (Wildman–Crippen MR) is 87.1 cm³/mol. The normalized spacial score (nSPS) is 12.2. The molecule has 0 spiro atoms. The van der Waals surface area contributed by atoms with Gasteiger partial charge in [0.15, 0.2) is 11.5 Å². The molecule has 122 valence electrons. The SMILES string of the molecule is O=C(CNC(=O)c1ccccc1)NN=Cc1ccc2c(c1)OCO2. The van der Waals surface area contributed by atoms with Crippen molar-refractivity contribution in [2.45, 2.75) is 0 Å². The van der Waals surface area contributed by atoms with Gasteiger partial charge in [-0.05, 0) is 35.9 Å². The van der Waals surface area contributed by atoms with Crippen LogP contribution in [0.15, 0.2) is 53.6 Å². The molecule has 2 N–H and O–H groups in total. The molecule has 0 aliphatic carbocycles. The van der Waals surface area contributed by atoms with Gasteiger partial charge in [0.25, 0.3) is 11.8 Å². The molecule has 2 aromatic carbocycles. The van der Waals surface area contributed by atoms with E-state index in [0.29, 0.717) is 17.1 Å². The molecule has 24 heavy (non-hydrogen) atoms. The number of hydrogen-bond acceptors (Lipinski definition) is 5. The Labute approximate surface area is 138 Å². The summed E-state index contributed by atoms with van der Waals surface area (Å²) < 4.78 is 10.5. The monoisotopic (exact) mass is 325 g/mol. The minimum absolute atomic E-state index is 0.161. The molecule has 0 atom stereocenters. The molecule has 1 heterocycles. The Morgan fingerprint density at radius 1 is 1.08 bits per heavy atom. The highest BCUT2D eigenvalue weighted by molar-refractivity contribution is 5.96. The van der Waals surface area contributed by atoms with Crippen LogP contribution in [0, 0.1) is 0 Å². The zero-order valence-electron chi connectivity index (χ0n) is 12.7. The van der Waals surface area contributed by atoms with Crippen LogP contribution in [-0.4, -0.2) is 31.4 Å². The van der Waals surface area contributed by atoms with Crippen molar-refractivity contribution in [2.75, 3.05) is 13.3 Å². The fraction of sp³-hybridized carbons (Fsp3) is 0.118. The Morgan fingerprint density at radius 2 is 1.88 bits per heavy atom. The van der Waals surface area contributed by atoms with Gasteiger partial charge in [-0.1, -0.05) is 18.2 Å². The van der Waals surface area contributed by atoms with Gasteiger partial charge >= 0.3 is 0 Å². The first kappa shape index (κ1) is 15.5. The van der Waals surface area contributed by atoms with Crippen LogP contribution in [0.25, 0.3) is 0 Å². The molecule has 3 rings (SSSR count). The van der Waals surface area contributed by atoms with Crippen LogP contribution in [0.5, 0.6) is 11.5 Å². The Hall–Kier alpha value is -3.35. The summed E-state index contributed by atoms with van der Waals surface area (Å²) in [5.41, 5.74) is 3.60. The zero-order chi connectivity index (χ0) is 16.8. The Bertz CT molecular complexity index is 775. The Kier molecular flexibility index (Phi) is 4.71. The molecule has 0 radical (unpaired) electrons. The number of carbonyl (C=O) groups excluding carboxylic acids is 2. The number of benzene rings is 2. The van der Waals surface area contributed by atoms with E-state index in [1.54, 1.807) is 42.5 Å². The molecular formula is C17H15N3O4. The van der Waals surface area contributed by atoms with Crippen LogP contribution >= 0.6 is 0 Å². The van der Waals surface area contributed by atoms with E-state index in [1.165, 1.54) is 6.21 Å². The maximum Gasteiger partial charge on any atom is 0.259 e. The van der Waals surface area contributed by atoms with Crippen molar-refractivity contribution in [3.8, 4) is 11.5 Å². The molecule has 0 bridgehead atoms. The number of nitrogens with one attached hydrogen (secondary N) is 2. The summed E-state index contributed by atoms with van der Waals surface area (Å²) in [7, 11) is 0. The van der Waals surface area contributed by atoms with E-state index in [2.05, 4.69) is 15.8 Å². The quantitative estimate of drug-likeness (QED) is 0.640. The molecule has 0 aromatic heterocycles. The molecule has 0 saturated heterocycles. The minimum atomic E-state index is -0.420. The highest BCUT2D eigenvalue weighted by Crippen LogP contribution is 2.31. The van der Waals surface area contributed by atoms with Gasteiger partial charge in [-0.2, -0.15) is 5.10 Å². The number of hydrazone groups is 1. The largest absolute Gasteiger partial charge is 0.454 e. The molecule has 0 unspecified atom stereocenters. The first-order valence-electron chi connectivity index (χ1n) is 7.27. The first-order valence-corrected chi connectivity index (χ1v) is 7.27. The standard InChI is InChI=1S/C17H15N3O4/c21-16(10-18-17(22)13-4-2-1-3-5-13)20-19-9-12-6-7-14-15(8-12)24-11-23-14/h1-9H,10-11H2,(H,18,22)(H,20,21). The summed E-state index contributed by atoms with van der Waals surface area (Å²) in [6, 6.07) is 14.0. The highest BCUT2D eigenvalue weighted by atomic mass is 16.7. The third kappa shape index (κ3) is 3.89. The van der Waals surface area contributed by atoms with Crippen LogP contribution in [0.1, 0.15) is 15.9 Å². The van der Waals surface area contributed by atoms with Crippen molar-refractivity contribution in [3.63, 3.8) is 0 Å². The number of rotatable bonds is 5. The van der Waals surface area contributed by atoms with Gasteiger partial charge in [-0.15, -0.1) is 0 Å². The molecule has 0 saturated carbocycles.